The molecule has 3 rings (SSSR count). The van der Waals surface area contributed by atoms with E-state index in [4.69, 9.17) is 0 Å². The second kappa shape index (κ2) is 6.17. The number of piperidine rings is 1. The average Bonchev–Trinajstić information content (AvgIpc) is 3.30. The van der Waals surface area contributed by atoms with Crippen molar-refractivity contribution in [3.8, 4) is 0 Å². The van der Waals surface area contributed by atoms with E-state index in [0.717, 1.165) is 11.8 Å². The van der Waals surface area contributed by atoms with Gasteiger partial charge in [-0.15, -0.1) is 0 Å². The van der Waals surface area contributed by atoms with Crippen molar-refractivity contribution in [3.63, 3.8) is 0 Å². The van der Waals surface area contributed by atoms with Crippen LogP contribution in [-0.4, -0.2) is 25.7 Å². The molecule has 2 atom stereocenters. The number of rotatable bonds is 5. The van der Waals surface area contributed by atoms with Gasteiger partial charge >= 0.3 is 0 Å². The minimum Gasteiger partial charge on any atom is -0.370 e. The zero-order chi connectivity index (χ0) is 13.9. The van der Waals surface area contributed by atoms with Crippen LogP contribution in [0.1, 0.15) is 38.2 Å². The lowest BCUT2D eigenvalue weighted by atomic mass is 9.91. The summed E-state index contributed by atoms with van der Waals surface area (Å²) in [6, 6.07) is 9.71. The molecule has 110 valence electrons. The maximum atomic E-state index is 3.82. The van der Waals surface area contributed by atoms with E-state index in [-0.39, 0.29) is 0 Å². The van der Waals surface area contributed by atoms with E-state index in [9.17, 15) is 0 Å². The Kier molecular flexibility index (Phi) is 4.30. The molecule has 0 bridgehead atoms. The summed E-state index contributed by atoms with van der Waals surface area (Å²) >= 11 is 0. The first-order chi connectivity index (χ1) is 9.74. The number of aryl methyl sites for hydroxylation is 1. The van der Waals surface area contributed by atoms with Gasteiger partial charge in [0.25, 0.3) is 0 Å². The van der Waals surface area contributed by atoms with Gasteiger partial charge in [0.05, 0.1) is 0 Å². The first kappa shape index (κ1) is 13.9. The molecule has 1 heterocycles. The Morgan fingerprint density at radius 1 is 1.10 bits per heavy atom. The number of nitrogens with zero attached hydrogens (tertiary/aromatic N) is 1. The van der Waals surface area contributed by atoms with Crippen LogP contribution >= 0.6 is 0 Å². The van der Waals surface area contributed by atoms with Crippen molar-refractivity contribution >= 4 is 5.69 Å². The zero-order valence-electron chi connectivity index (χ0n) is 12.9. The molecule has 0 aromatic heterocycles. The quantitative estimate of drug-likeness (QED) is 0.881. The summed E-state index contributed by atoms with van der Waals surface area (Å²) < 4.78 is 0. The molecule has 1 aliphatic heterocycles. The predicted molar refractivity (Wildman–Crippen MR) is 86.3 cm³/mol. The monoisotopic (exact) mass is 272 g/mol. The Hall–Kier alpha value is -1.02. The normalized spacial score (nSPS) is 26.8. The summed E-state index contributed by atoms with van der Waals surface area (Å²) in [5, 5.41) is 3.82. The van der Waals surface area contributed by atoms with Crippen molar-refractivity contribution in [2.45, 2.75) is 45.6 Å². The predicted octanol–water partition coefficient (Wildman–Crippen LogP) is 3.60. The highest BCUT2D eigenvalue weighted by molar-refractivity contribution is 5.48. The van der Waals surface area contributed by atoms with Crippen LogP contribution in [0.3, 0.4) is 0 Å². The summed E-state index contributed by atoms with van der Waals surface area (Å²) in [6.45, 7) is 8.13. The fourth-order valence-corrected chi connectivity index (χ4v) is 3.27. The number of anilines is 1. The second-order valence-electron chi connectivity index (χ2n) is 6.80. The number of hydrogen-bond acceptors (Lipinski definition) is 2. The van der Waals surface area contributed by atoms with Gasteiger partial charge < -0.3 is 10.2 Å². The Labute approximate surface area is 123 Å². The Morgan fingerprint density at radius 2 is 1.85 bits per heavy atom. The molecule has 0 amide bonds. The lowest BCUT2D eigenvalue weighted by molar-refractivity contribution is 0.324. The lowest BCUT2D eigenvalue weighted by Crippen LogP contribution is -2.49. The van der Waals surface area contributed by atoms with Gasteiger partial charge in [-0.1, -0.05) is 31.0 Å². The zero-order valence-corrected chi connectivity index (χ0v) is 12.9. The molecule has 1 aromatic carbocycles. The molecule has 1 saturated heterocycles. The fraction of sp³-hybridized carbons (Fsp3) is 0.667. The van der Waals surface area contributed by atoms with Gasteiger partial charge in [-0.2, -0.15) is 0 Å². The standard InChI is InChI=1S/C18H28N2/c1-3-15-10-17(19-11-16-6-7-16)13-20(12-15)18-8-4-14(2)5-9-18/h4-5,8-9,15-17,19H,3,6-7,10-13H2,1-2H3. The number of nitrogens with one attached hydrogen (secondary N) is 1. The molecule has 1 N–H and O–H groups in total. The smallest absolute Gasteiger partial charge is 0.0367 e. The summed E-state index contributed by atoms with van der Waals surface area (Å²) in [5.74, 6) is 1.81. The molecular formula is C18H28N2. The van der Waals surface area contributed by atoms with Gasteiger partial charge in [0.2, 0.25) is 0 Å². The molecule has 1 aromatic rings. The van der Waals surface area contributed by atoms with Crippen LogP contribution in [0.15, 0.2) is 24.3 Å². The maximum absolute atomic E-state index is 3.82. The first-order valence-electron chi connectivity index (χ1n) is 8.29. The van der Waals surface area contributed by atoms with Gasteiger partial charge in [0.1, 0.15) is 0 Å². The molecule has 2 unspecified atom stereocenters. The van der Waals surface area contributed by atoms with Gasteiger partial charge in [-0.3, -0.25) is 0 Å². The summed E-state index contributed by atoms with van der Waals surface area (Å²) in [6.07, 6.45) is 5.53. The molecule has 1 aliphatic carbocycles. The molecular weight excluding hydrogens is 244 g/mol. The molecule has 20 heavy (non-hydrogen) atoms. The van der Waals surface area contributed by atoms with Crippen LogP contribution in [0.5, 0.6) is 0 Å². The SMILES string of the molecule is CCC1CC(NCC2CC2)CN(c2ccc(C)cc2)C1. The minimum absolute atomic E-state index is 0.676. The topological polar surface area (TPSA) is 15.3 Å². The molecule has 0 radical (unpaired) electrons. The van der Waals surface area contributed by atoms with E-state index in [1.165, 1.54) is 56.6 Å². The van der Waals surface area contributed by atoms with E-state index in [1.807, 2.05) is 0 Å². The van der Waals surface area contributed by atoms with Gasteiger partial charge in [-0.25, -0.2) is 0 Å². The molecule has 0 spiro atoms. The Morgan fingerprint density at radius 3 is 2.50 bits per heavy atom. The van der Waals surface area contributed by atoms with Crippen molar-refractivity contribution < 1.29 is 0 Å². The van der Waals surface area contributed by atoms with Gasteiger partial charge in [0, 0.05) is 24.8 Å². The Balaban J connectivity index is 1.64. The number of benzene rings is 1. The molecule has 2 fully saturated rings. The highest BCUT2D eigenvalue weighted by Gasteiger charge is 2.28. The Bertz CT molecular complexity index is 422. The van der Waals surface area contributed by atoms with Gasteiger partial charge in [-0.05, 0) is 56.7 Å². The van der Waals surface area contributed by atoms with Crippen molar-refractivity contribution in [1.29, 1.82) is 0 Å². The highest BCUT2D eigenvalue weighted by atomic mass is 15.2. The third-order valence-corrected chi connectivity index (χ3v) is 4.91. The van der Waals surface area contributed by atoms with Crippen LogP contribution < -0.4 is 10.2 Å². The van der Waals surface area contributed by atoms with E-state index < -0.39 is 0 Å². The third kappa shape index (κ3) is 3.54. The van der Waals surface area contributed by atoms with Crippen molar-refractivity contribution in [3.05, 3.63) is 29.8 Å². The average molecular weight is 272 g/mol. The fourth-order valence-electron chi connectivity index (χ4n) is 3.27. The summed E-state index contributed by atoms with van der Waals surface area (Å²) in [4.78, 5) is 2.58. The van der Waals surface area contributed by atoms with E-state index in [2.05, 4.69) is 48.3 Å². The molecule has 2 heteroatoms. The van der Waals surface area contributed by atoms with Gasteiger partial charge in [0.15, 0.2) is 0 Å². The molecule has 1 saturated carbocycles. The van der Waals surface area contributed by atoms with E-state index >= 15 is 0 Å². The molecule has 2 aliphatic rings. The van der Waals surface area contributed by atoms with E-state index in [0.29, 0.717) is 6.04 Å². The first-order valence-corrected chi connectivity index (χ1v) is 8.29. The van der Waals surface area contributed by atoms with Crippen molar-refractivity contribution in [1.82, 2.24) is 5.32 Å². The van der Waals surface area contributed by atoms with Crippen LogP contribution in [0.4, 0.5) is 5.69 Å². The highest BCUT2D eigenvalue weighted by Crippen LogP contribution is 2.29. The third-order valence-electron chi connectivity index (χ3n) is 4.91. The summed E-state index contributed by atoms with van der Waals surface area (Å²) in [5.41, 5.74) is 2.74. The molecule has 2 nitrogen and oxygen atoms in total. The van der Waals surface area contributed by atoms with Crippen LogP contribution in [-0.2, 0) is 0 Å². The second-order valence-corrected chi connectivity index (χ2v) is 6.80. The van der Waals surface area contributed by atoms with Crippen LogP contribution in [0, 0.1) is 18.8 Å². The minimum atomic E-state index is 0.676. The van der Waals surface area contributed by atoms with Crippen LogP contribution in [0.2, 0.25) is 0 Å². The van der Waals surface area contributed by atoms with Crippen molar-refractivity contribution in [2.24, 2.45) is 11.8 Å². The number of hydrogen-bond donors (Lipinski definition) is 1. The van der Waals surface area contributed by atoms with E-state index in [1.54, 1.807) is 0 Å². The lowest BCUT2D eigenvalue weighted by Gasteiger charge is -2.39. The summed E-state index contributed by atoms with van der Waals surface area (Å²) in [7, 11) is 0. The van der Waals surface area contributed by atoms with Crippen molar-refractivity contribution in [2.75, 3.05) is 24.5 Å². The maximum Gasteiger partial charge on any atom is 0.0367 e. The largest absolute Gasteiger partial charge is 0.370 e. The van der Waals surface area contributed by atoms with Crippen LogP contribution in [0.25, 0.3) is 0 Å².